The number of hydrogen-bond donors (Lipinski definition) is 0. The van der Waals surface area contributed by atoms with Gasteiger partial charge in [0.1, 0.15) is 0 Å². The second-order valence-corrected chi connectivity index (χ2v) is 13.7. The maximum absolute atomic E-state index is 9.47. The molecule has 0 unspecified atom stereocenters. The van der Waals surface area contributed by atoms with Crippen LogP contribution in [0.25, 0.3) is 55.6 Å². The first-order chi connectivity index (χ1) is 22.2. The highest BCUT2D eigenvalue weighted by atomic mass is 14.4. The van der Waals surface area contributed by atoms with E-state index in [2.05, 4.69) is 131 Å². The van der Waals surface area contributed by atoms with Crippen molar-refractivity contribution in [1.29, 1.82) is 10.5 Å². The Morgan fingerprint density at radius 2 is 0.630 bits per heavy atom. The summed E-state index contributed by atoms with van der Waals surface area (Å²) in [5.41, 5.74) is 18.5. The molecule has 0 amide bonds. The van der Waals surface area contributed by atoms with E-state index in [0.717, 1.165) is 5.56 Å². The lowest BCUT2D eigenvalue weighted by Gasteiger charge is -2.23. The first-order valence-corrected chi connectivity index (χ1v) is 15.8. The fourth-order valence-electron chi connectivity index (χ4n) is 7.68. The van der Waals surface area contributed by atoms with Crippen LogP contribution in [0.5, 0.6) is 0 Å². The van der Waals surface area contributed by atoms with E-state index in [-0.39, 0.29) is 10.8 Å². The van der Waals surface area contributed by atoms with E-state index in [0.29, 0.717) is 11.1 Å². The van der Waals surface area contributed by atoms with Gasteiger partial charge >= 0.3 is 0 Å². The minimum absolute atomic E-state index is 0.133. The van der Waals surface area contributed by atoms with E-state index in [4.69, 9.17) is 0 Å². The summed E-state index contributed by atoms with van der Waals surface area (Å²) in [7, 11) is 0. The lowest BCUT2D eigenvalue weighted by atomic mass is 9.80. The van der Waals surface area contributed by atoms with Crippen LogP contribution in [-0.4, -0.2) is 0 Å². The van der Waals surface area contributed by atoms with Crippen molar-refractivity contribution in [3.63, 3.8) is 0 Å². The molecule has 2 aliphatic carbocycles. The zero-order valence-corrected chi connectivity index (χ0v) is 26.4. The molecule has 218 valence electrons. The highest BCUT2D eigenvalue weighted by molar-refractivity contribution is 5.87. The Labute approximate surface area is 270 Å². The van der Waals surface area contributed by atoms with E-state index in [9.17, 15) is 10.5 Å². The third kappa shape index (κ3) is 4.08. The van der Waals surface area contributed by atoms with Crippen LogP contribution >= 0.6 is 0 Å². The second-order valence-electron chi connectivity index (χ2n) is 13.7. The molecule has 0 aliphatic heterocycles. The molecule has 0 saturated heterocycles. The summed E-state index contributed by atoms with van der Waals surface area (Å²) in [5, 5.41) is 18.7. The Hall–Kier alpha value is -5.70. The fourth-order valence-corrected chi connectivity index (χ4v) is 7.68. The van der Waals surface area contributed by atoms with E-state index in [1.165, 1.54) is 72.3 Å². The molecule has 0 heterocycles. The maximum Gasteiger partial charge on any atom is 0.0991 e. The summed E-state index contributed by atoms with van der Waals surface area (Å²) >= 11 is 0. The van der Waals surface area contributed by atoms with E-state index >= 15 is 0 Å². The van der Waals surface area contributed by atoms with Gasteiger partial charge in [0, 0.05) is 10.8 Å². The van der Waals surface area contributed by atoms with Crippen molar-refractivity contribution in [2.24, 2.45) is 0 Å². The fraction of sp³-hybridized carbons (Fsp3) is 0.136. The monoisotopic (exact) mass is 588 g/mol. The third-order valence-electron chi connectivity index (χ3n) is 10.4. The van der Waals surface area contributed by atoms with Gasteiger partial charge in [0.15, 0.2) is 0 Å². The van der Waals surface area contributed by atoms with Gasteiger partial charge < -0.3 is 0 Å². The Morgan fingerprint density at radius 1 is 0.348 bits per heavy atom. The Bertz CT molecular complexity index is 2300. The zero-order chi connectivity index (χ0) is 31.8. The molecule has 0 N–H and O–H groups in total. The van der Waals surface area contributed by atoms with Gasteiger partial charge in [0.25, 0.3) is 0 Å². The predicted molar refractivity (Wildman–Crippen MR) is 187 cm³/mol. The van der Waals surface area contributed by atoms with Gasteiger partial charge in [-0.1, -0.05) is 107 Å². The molecular formula is C44H32N2. The van der Waals surface area contributed by atoms with Crippen molar-refractivity contribution in [1.82, 2.24) is 0 Å². The number of benzene rings is 6. The van der Waals surface area contributed by atoms with Crippen LogP contribution < -0.4 is 0 Å². The summed E-state index contributed by atoms with van der Waals surface area (Å²) in [6, 6.07) is 47.8. The van der Waals surface area contributed by atoms with Gasteiger partial charge in [-0.25, -0.2) is 0 Å². The van der Waals surface area contributed by atoms with Crippen molar-refractivity contribution in [3.8, 4) is 67.8 Å². The van der Waals surface area contributed by atoms with Gasteiger partial charge in [0.05, 0.1) is 23.3 Å². The van der Waals surface area contributed by atoms with Crippen LogP contribution in [0.4, 0.5) is 0 Å². The van der Waals surface area contributed by atoms with Crippen LogP contribution in [0.15, 0.2) is 121 Å². The SMILES string of the molecule is CC1(C)c2cc(C#N)ccc2-c2ccc(-c3ccc(-c4ccc5c(c4)C(C)(C)c4cc(-c6ccc(C#N)cc6)ccc4-5)cc3)cc21. The minimum Gasteiger partial charge on any atom is -0.192 e. The molecule has 2 aliphatic rings. The van der Waals surface area contributed by atoms with Crippen molar-refractivity contribution >= 4 is 0 Å². The smallest absolute Gasteiger partial charge is 0.0991 e. The van der Waals surface area contributed by atoms with Gasteiger partial charge in [-0.3, -0.25) is 0 Å². The molecular weight excluding hydrogens is 556 g/mol. The molecule has 0 bridgehead atoms. The van der Waals surface area contributed by atoms with Crippen LogP contribution in [-0.2, 0) is 10.8 Å². The molecule has 8 rings (SSSR count). The number of nitriles is 2. The number of hydrogen-bond acceptors (Lipinski definition) is 2. The highest BCUT2D eigenvalue weighted by Gasteiger charge is 2.37. The quantitative estimate of drug-likeness (QED) is 0.206. The van der Waals surface area contributed by atoms with Crippen LogP contribution in [0, 0.1) is 22.7 Å². The molecule has 0 spiro atoms. The topological polar surface area (TPSA) is 47.6 Å². The number of nitrogens with zero attached hydrogens (tertiary/aromatic N) is 2. The molecule has 46 heavy (non-hydrogen) atoms. The van der Waals surface area contributed by atoms with Crippen molar-refractivity contribution in [2.45, 2.75) is 38.5 Å². The lowest BCUT2D eigenvalue weighted by molar-refractivity contribution is 0.660. The Morgan fingerprint density at radius 3 is 1.00 bits per heavy atom. The number of fused-ring (bicyclic) bond motifs is 6. The molecule has 6 aromatic rings. The van der Waals surface area contributed by atoms with Gasteiger partial charge in [0.2, 0.25) is 0 Å². The minimum atomic E-state index is -0.162. The summed E-state index contributed by atoms with van der Waals surface area (Å²) < 4.78 is 0. The molecule has 0 aromatic heterocycles. The molecule has 0 radical (unpaired) electrons. The van der Waals surface area contributed by atoms with E-state index in [1.54, 1.807) is 0 Å². The first-order valence-electron chi connectivity index (χ1n) is 15.8. The standard InChI is InChI=1S/C44H32N2/c1-43(2)39-21-28(26-46)7-17-35(39)36-18-15-33(23-40(36)43)30-10-12-31(13-11-30)34-16-20-38-37-19-14-32(29-8-5-27(25-45)6-9-29)22-41(37)44(3,4)42(38)24-34/h5-24H,1-4H3. The average molecular weight is 589 g/mol. The van der Waals surface area contributed by atoms with Crippen molar-refractivity contribution in [3.05, 3.63) is 155 Å². The normalized spacial score (nSPS) is 14.4. The summed E-state index contributed by atoms with van der Waals surface area (Å²) in [4.78, 5) is 0. The maximum atomic E-state index is 9.47. The third-order valence-corrected chi connectivity index (χ3v) is 10.4. The van der Waals surface area contributed by atoms with Crippen LogP contribution in [0.2, 0.25) is 0 Å². The summed E-state index contributed by atoms with van der Waals surface area (Å²) in [6.07, 6.45) is 0. The summed E-state index contributed by atoms with van der Waals surface area (Å²) in [5.74, 6) is 0. The Balaban J connectivity index is 1.10. The van der Waals surface area contributed by atoms with Gasteiger partial charge in [-0.05, 0) is 120 Å². The van der Waals surface area contributed by atoms with Gasteiger partial charge in [-0.15, -0.1) is 0 Å². The van der Waals surface area contributed by atoms with E-state index < -0.39 is 0 Å². The van der Waals surface area contributed by atoms with Crippen molar-refractivity contribution < 1.29 is 0 Å². The molecule has 2 nitrogen and oxygen atoms in total. The zero-order valence-electron chi connectivity index (χ0n) is 26.4. The van der Waals surface area contributed by atoms with Crippen molar-refractivity contribution in [2.75, 3.05) is 0 Å². The number of rotatable bonds is 3. The lowest BCUT2D eigenvalue weighted by Crippen LogP contribution is -2.15. The molecule has 6 aromatic carbocycles. The van der Waals surface area contributed by atoms with Crippen LogP contribution in [0.1, 0.15) is 61.1 Å². The predicted octanol–water partition coefficient (Wildman–Crippen LogP) is 11.0. The first kappa shape index (κ1) is 27.8. The van der Waals surface area contributed by atoms with Crippen LogP contribution in [0.3, 0.4) is 0 Å². The largest absolute Gasteiger partial charge is 0.192 e. The average Bonchev–Trinajstić information content (AvgIpc) is 3.46. The molecule has 0 fully saturated rings. The second kappa shape index (κ2) is 9.90. The van der Waals surface area contributed by atoms with E-state index in [1.807, 2.05) is 30.3 Å². The Kier molecular flexibility index (Phi) is 5.99. The summed E-state index contributed by atoms with van der Waals surface area (Å²) in [6.45, 7) is 9.16. The molecule has 2 heteroatoms. The highest BCUT2D eigenvalue weighted by Crippen LogP contribution is 2.52. The molecule has 0 atom stereocenters. The van der Waals surface area contributed by atoms with Gasteiger partial charge in [-0.2, -0.15) is 10.5 Å². The molecule has 0 saturated carbocycles.